The van der Waals surface area contributed by atoms with Gasteiger partial charge in [-0.1, -0.05) is 72.3 Å². The molecule has 0 spiro atoms. The van der Waals surface area contributed by atoms with Crippen LogP contribution < -0.4 is 10.1 Å². The van der Waals surface area contributed by atoms with E-state index in [2.05, 4.69) is 85.0 Å². The van der Waals surface area contributed by atoms with E-state index in [1.807, 2.05) is 6.07 Å². The van der Waals surface area contributed by atoms with Crippen LogP contribution in [-0.2, 0) is 15.9 Å². The third-order valence-corrected chi connectivity index (χ3v) is 6.70. The van der Waals surface area contributed by atoms with Crippen molar-refractivity contribution in [1.82, 2.24) is 5.32 Å². The number of rotatable bonds is 11. The zero-order valence-electron chi connectivity index (χ0n) is 20.3. The largest absolute Gasteiger partial charge is 0.491 e. The molecule has 4 nitrogen and oxygen atoms in total. The number of benzene rings is 3. The van der Waals surface area contributed by atoms with Gasteiger partial charge in [0.15, 0.2) is 0 Å². The minimum absolute atomic E-state index is 0. The van der Waals surface area contributed by atoms with Crippen LogP contribution in [0.25, 0.3) is 0 Å². The standard InChI is InChI=1S/C29H35NO3S.BrH/c1-22-7-9-25(10-8-22)29(34)33-28-21-30-17-15-27(28)24-11-13-26(14-12-24)32-20-19-31-18-16-23-5-3-2-4-6-23;/h2-14,27-30,34H,15-21H2,1H3;1H. The second kappa shape index (κ2) is 14.7. The molecule has 0 aliphatic carbocycles. The quantitative estimate of drug-likeness (QED) is 0.165. The number of ether oxygens (including phenoxy) is 3. The zero-order valence-corrected chi connectivity index (χ0v) is 22.9. The first-order chi connectivity index (χ1) is 16.7. The Morgan fingerprint density at radius 3 is 2.40 bits per heavy atom. The molecule has 0 saturated carbocycles. The van der Waals surface area contributed by atoms with Crippen molar-refractivity contribution in [1.29, 1.82) is 0 Å². The average molecular weight is 559 g/mol. The second-order valence-electron chi connectivity index (χ2n) is 8.80. The highest BCUT2D eigenvalue weighted by Crippen LogP contribution is 2.33. The van der Waals surface area contributed by atoms with Crippen molar-refractivity contribution in [2.45, 2.75) is 37.2 Å². The van der Waals surface area contributed by atoms with Crippen LogP contribution in [0.1, 0.15) is 40.0 Å². The average Bonchev–Trinajstić information content (AvgIpc) is 2.88. The molecule has 1 aliphatic rings. The highest BCUT2D eigenvalue weighted by atomic mass is 79.9. The molecular weight excluding hydrogens is 522 g/mol. The number of hydrogen-bond donors (Lipinski definition) is 2. The molecule has 3 aromatic carbocycles. The summed E-state index contributed by atoms with van der Waals surface area (Å²) in [6.45, 7) is 5.74. The van der Waals surface area contributed by atoms with Crippen LogP contribution >= 0.6 is 29.6 Å². The van der Waals surface area contributed by atoms with Crippen molar-refractivity contribution in [2.75, 3.05) is 32.9 Å². The van der Waals surface area contributed by atoms with E-state index in [0.717, 1.165) is 37.2 Å². The Balaban J connectivity index is 0.00000342. The van der Waals surface area contributed by atoms with Crippen LogP contribution in [0.3, 0.4) is 0 Å². The van der Waals surface area contributed by atoms with Gasteiger partial charge in [-0.15, -0.1) is 29.6 Å². The lowest BCUT2D eigenvalue weighted by molar-refractivity contribution is 0.00640. The Bertz CT molecular complexity index is 985. The molecule has 0 aromatic heterocycles. The molecule has 0 amide bonds. The summed E-state index contributed by atoms with van der Waals surface area (Å²) in [5.41, 5.74) is 4.66. The SMILES string of the molecule is Br.Cc1ccc(C(S)OC2CNCCC2c2ccc(OCCOCCc3ccccc3)cc2)cc1. The lowest BCUT2D eigenvalue weighted by Gasteiger charge is -2.34. The number of aryl methyl sites for hydroxylation is 1. The predicted molar refractivity (Wildman–Crippen MR) is 151 cm³/mol. The van der Waals surface area contributed by atoms with E-state index in [4.69, 9.17) is 26.8 Å². The van der Waals surface area contributed by atoms with E-state index >= 15 is 0 Å². The van der Waals surface area contributed by atoms with Gasteiger partial charge in [0.25, 0.3) is 0 Å². The maximum Gasteiger partial charge on any atom is 0.126 e. The van der Waals surface area contributed by atoms with Crippen LogP contribution in [0.15, 0.2) is 78.9 Å². The van der Waals surface area contributed by atoms with E-state index in [-0.39, 0.29) is 28.5 Å². The predicted octanol–water partition coefficient (Wildman–Crippen LogP) is 6.30. The molecule has 0 bridgehead atoms. The van der Waals surface area contributed by atoms with Crippen molar-refractivity contribution < 1.29 is 14.2 Å². The van der Waals surface area contributed by atoms with Crippen LogP contribution in [0.5, 0.6) is 5.75 Å². The summed E-state index contributed by atoms with van der Waals surface area (Å²) in [6.07, 6.45) is 2.03. The van der Waals surface area contributed by atoms with Gasteiger partial charge < -0.3 is 19.5 Å². The smallest absolute Gasteiger partial charge is 0.126 e. The summed E-state index contributed by atoms with van der Waals surface area (Å²) in [7, 11) is 0. The Morgan fingerprint density at radius 1 is 0.914 bits per heavy atom. The van der Waals surface area contributed by atoms with Crippen LogP contribution in [0, 0.1) is 6.92 Å². The zero-order chi connectivity index (χ0) is 23.6. The highest BCUT2D eigenvalue weighted by Gasteiger charge is 2.29. The van der Waals surface area contributed by atoms with E-state index in [0.29, 0.717) is 25.7 Å². The molecule has 3 unspecified atom stereocenters. The Hall–Kier alpha value is -1.83. The molecule has 6 heteroatoms. The summed E-state index contributed by atoms with van der Waals surface area (Å²) in [5, 5.41) is 3.47. The molecule has 1 saturated heterocycles. The van der Waals surface area contributed by atoms with E-state index in [1.54, 1.807) is 0 Å². The van der Waals surface area contributed by atoms with E-state index in [1.165, 1.54) is 16.7 Å². The summed E-state index contributed by atoms with van der Waals surface area (Å²) in [5.74, 6) is 1.20. The fourth-order valence-corrected chi connectivity index (χ4v) is 4.62. The number of halogens is 1. The molecular formula is C29H36BrNO3S. The first-order valence-electron chi connectivity index (χ1n) is 12.1. The maximum absolute atomic E-state index is 6.40. The number of piperidine rings is 1. The van der Waals surface area contributed by atoms with Crippen LogP contribution in [-0.4, -0.2) is 39.0 Å². The molecule has 1 aliphatic heterocycles. The maximum atomic E-state index is 6.40. The van der Waals surface area contributed by atoms with Gasteiger partial charge in [0, 0.05) is 12.5 Å². The summed E-state index contributed by atoms with van der Waals surface area (Å²) in [4.78, 5) is 0. The fourth-order valence-electron chi connectivity index (χ4n) is 4.30. The second-order valence-corrected chi connectivity index (χ2v) is 9.27. The third-order valence-electron chi connectivity index (χ3n) is 6.28. The lowest BCUT2D eigenvalue weighted by atomic mass is 9.87. The molecule has 3 atom stereocenters. The first kappa shape index (κ1) is 27.8. The molecule has 35 heavy (non-hydrogen) atoms. The van der Waals surface area contributed by atoms with Crippen molar-refractivity contribution in [2.24, 2.45) is 0 Å². The van der Waals surface area contributed by atoms with Gasteiger partial charge in [0.2, 0.25) is 0 Å². The normalized spacial score (nSPS) is 18.5. The molecule has 188 valence electrons. The first-order valence-corrected chi connectivity index (χ1v) is 12.7. The van der Waals surface area contributed by atoms with Gasteiger partial charge in [-0.2, -0.15) is 0 Å². The van der Waals surface area contributed by atoms with Gasteiger partial charge in [0.1, 0.15) is 17.8 Å². The Labute approximate surface area is 225 Å². The van der Waals surface area contributed by atoms with E-state index in [9.17, 15) is 0 Å². The summed E-state index contributed by atoms with van der Waals surface area (Å²) < 4.78 is 18.0. The third kappa shape index (κ3) is 8.65. The molecule has 3 aromatic rings. The summed E-state index contributed by atoms with van der Waals surface area (Å²) >= 11 is 4.73. The molecule has 4 rings (SSSR count). The van der Waals surface area contributed by atoms with Crippen molar-refractivity contribution in [3.63, 3.8) is 0 Å². The van der Waals surface area contributed by atoms with Crippen molar-refractivity contribution in [3.05, 3.63) is 101 Å². The number of thiol groups is 1. The monoisotopic (exact) mass is 557 g/mol. The summed E-state index contributed by atoms with van der Waals surface area (Å²) in [6, 6.07) is 27.2. The fraction of sp³-hybridized carbons (Fsp3) is 0.379. The van der Waals surface area contributed by atoms with Gasteiger partial charge in [-0.3, -0.25) is 0 Å². The molecule has 1 N–H and O–H groups in total. The van der Waals surface area contributed by atoms with Gasteiger partial charge >= 0.3 is 0 Å². The highest BCUT2D eigenvalue weighted by molar-refractivity contribution is 8.93. The van der Waals surface area contributed by atoms with Crippen LogP contribution in [0.4, 0.5) is 0 Å². The molecule has 1 heterocycles. The van der Waals surface area contributed by atoms with Gasteiger partial charge in [0.05, 0.1) is 19.3 Å². The van der Waals surface area contributed by atoms with Crippen LogP contribution in [0.2, 0.25) is 0 Å². The topological polar surface area (TPSA) is 39.7 Å². The molecule has 0 radical (unpaired) electrons. The minimum atomic E-state index is -0.238. The van der Waals surface area contributed by atoms with E-state index < -0.39 is 0 Å². The number of nitrogens with one attached hydrogen (secondary N) is 1. The minimum Gasteiger partial charge on any atom is -0.491 e. The molecule has 1 fully saturated rings. The number of hydrogen-bond acceptors (Lipinski definition) is 5. The van der Waals surface area contributed by atoms with Crippen molar-refractivity contribution in [3.8, 4) is 5.75 Å². The Kier molecular flexibility index (Phi) is 11.6. The van der Waals surface area contributed by atoms with Gasteiger partial charge in [-0.25, -0.2) is 0 Å². The van der Waals surface area contributed by atoms with Crippen molar-refractivity contribution >= 4 is 29.6 Å². The van der Waals surface area contributed by atoms with Gasteiger partial charge in [-0.05, 0) is 55.1 Å². The lowest BCUT2D eigenvalue weighted by Crippen LogP contribution is -2.41. The Morgan fingerprint density at radius 2 is 1.66 bits per heavy atom.